The van der Waals surface area contributed by atoms with Crippen molar-refractivity contribution < 1.29 is 4.42 Å². The van der Waals surface area contributed by atoms with Crippen molar-refractivity contribution in [3.63, 3.8) is 0 Å². The Morgan fingerprint density at radius 1 is 0.417 bits per heavy atom. The average Bonchev–Trinajstić information content (AvgIpc) is 3.69. The Hall–Kier alpha value is -6.59. The predicted octanol–water partition coefficient (Wildman–Crippen LogP) is 11.0. The highest BCUT2D eigenvalue weighted by Crippen LogP contribution is 2.40. The summed E-state index contributed by atoms with van der Waals surface area (Å²) in [4.78, 5) is 15.5. The molecule has 0 saturated carbocycles. The second-order valence-electron chi connectivity index (χ2n) is 12.0. The van der Waals surface area contributed by atoms with Crippen LogP contribution in [0, 0.1) is 0 Å². The van der Waals surface area contributed by atoms with E-state index in [0.717, 1.165) is 77.1 Å². The Labute approximate surface area is 275 Å². The van der Waals surface area contributed by atoms with E-state index in [0.29, 0.717) is 17.5 Å². The maximum atomic E-state index is 6.53. The molecule has 0 spiro atoms. The van der Waals surface area contributed by atoms with Crippen molar-refractivity contribution in [1.29, 1.82) is 0 Å². The standard InChI is InChI=1S/C43H26N4O/c1-3-18-31-27(12-1)14-10-21-33(31)41-44-40(45-42(46-41)34-22-11-15-28-13-2-4-19-32(28)34)30-17-9-16-29(26-30)39-35-20-5-6-23-36(35)47-37-24-7-8-25-38(37)48-43(39)47/h1-26H. The number of hydrogen-bond donors (Lipinski definition) is 0. The van der Waals surface area contributed by atoms with Gasteiger partial charge in [0.2, 0.25) is 5.71 Å². The zero-order valence-electron chi connectivity index (χ0n) is 25.7. The van der Waals surface area contributed by atoms with Gasteiger partial charge in [-0.3, -0.25) is 4.40 Å². The number of oxazole rings is 1. The van der Waals surface area contributed by atoms with Crippen molar-refractivity contribution in [1.82, 2.24) is 19.4 Å². The van der Waals surface area contributed by atoms with Crippen LogP contribution in [0.1, 0.15) is 0 Å². The Balaban J connectivity index is 1.22. The van der Waals surface area contributed by atoms with E-state index in [-0.39, 0.29) is 0 Å². The number of rotatable bonds is 4. The van der Waals surface area contributed by atoms with Crippen LogP contribution in [0.15, 0.2) is 162 Å². The van der Waals surface area contributed by atoms with E-state index in [1.54, 1.807) is 0 Å². The summed E-state index contributed by atoms with van der Waals surface area (Å²) in [6.07, 6.45) is 0. The van der Waals surface area contributed by atoms with Gasteiger partial charge in [0.15, 0.2) is 23.1 Å². The number of nitrogens with zero attached hydrogens (tertiary/aromatic N) is 4. The smallest absolute Gasteiger partial charge is 0.213 e. The molecule has 0 unspecified atom stereocenters. The van der Waals surface area contributed by atoms with Gasteiger partial charge >= 0.3 is 0 Å². The van der Waals surface area contributed by atoms with Gasteiger partial charge in [-0.15, -0.1) is 0 Å². The van der Waals surface area contributed by atoms with Gasteiger partial charge in [-0.1, -0.05) is 133 Å². The summed E-state index contributed by atoms with van der Waals surface area (Å²) < 4.78 is 8.74. The molecule has 224 valence electrons. The lowest BCUT2D eigenvalue weighted by Crippen LogP contribution is -2.01. The second kappa shape index (κ2) is 10.5. The second-order valence-corrected chi connectivity index (χ2v) is 12.0. The number of para-hydroxylation sites is 3. The Bertz CT molecular complexity index is 2750. The molecule has 48 heavy (non-hydrogen) atoms. The van der Waals surface area contributed by atoms with Crippen molar-refractivity contribution in [2.24, 2.45) is 0 Å². The van der Waals surface area contributed by atoms with Crippen molar-refractivity contribution in [3.8, 4) is 45.3 Å². The van der Waals surface area contributed by atoms with Gasteiger partial charge in [0.1, 0.15) is 0 Å². The molecule has 7 aromatic carbocycles. The molecule has 3 heterocycles. The molecular weight excluding hydrogens is 589 g/mol. The summed E-state index contributed by atoms with van der Waals surface area (Å²) in [7, 11) is 0. The van der Waals surface area contributed by atoms with Gasteiger partial charge in [-0.25, -0.2) is 15.0 Å². The molecule has 5 heteroatoms. The molecule has 5 nitrogen and oxygen atoms in total. The van der Waals surface area contributed by atoms with Crippen LogP contribution in [-0.2, 0) is 0 Å². The van der Waals surface area contributed by atoms with Gasteiger partial charge < -0.3 is 4.42 Å². The van der Waals surface area contributed by atoms with Gasteiger partial charge in [-0.05, 0) is 51.4 Å². The van der Waals surface area contributed by atoms with E-state index in [1.807, 2.05) is 18.2 Å². The van der Waals surface area contributed by atoms with E-state index in [4.69, 9.17) is 19.4 Å². The Kier molecular flexibility index (Phi) is 5.81. The van der Waals surface area contributed by atoms with Crippen LogP contribution in [0.2, 0.25) is 0 Å². The predicted molar refractivity (Wildman–Crippen MR) is 195 cm³/mol. The highest BCUT2D eigenvalue weighted by Gasteiger charge is 2.21. The molecular formula is C43H26N4O. The number of benzene rings is 7. The maximum absolute atomic E-state index is 6.53. The molecule has 10 rings (SSSR count). The summed E-state index contributed by atoms with van der Waals surface area (Å²) in [5.74, 6) is 1.89. The fraction of sp³-hybridized carbons (Fsp3) is 0. The third-order valence-electron chi connectivity index (χ3n) is 9.25. The molecule has 0 amide bonds. The third kappa shape index (κ3) is 4.08. The number of hydrogen-bond acceptors (Lipinski definition) is 4. The van der Waals surface area contributed by atoms with Crippen LogP contribution in [0.3, 0.4) is 0 Å². The molecule has 0 bridgehead atoms. The molecule has 0 atom stereocenters. The summed E-state index contributed by atoms with van der Waals surface area (Å²) in [6, 6.07) is 54.4. The van der Waals surface area contributed by atoms with Gasteiger partial charge in [0.05, 0.1) is 16.6 Å². The summed E-state index contributed by atoms with van der Waals surface area (Å²) in [6.45, 7) is 0. The van der Waals surface area contributed by atoms with E-state index >= 15 is 0 Å². The van der Waals surface area contributed by atoms with Crippen LogP contribution in [0.4, 0.5) is 0 Å². The monoisotopic (exact) mass is 614 g/mol. The lowest BCUT2D eigenvalue weighted by Gasteiger charge is -2.12. The highest BCUT2D eigenvalue weighted by atomic mass is 16.3. The van der Waals surface area contributed by atoms with Crippen molar-refractivity contribution in [2.75, 3.05) is 0 Å². The molecule has 0 aliphatic heterocycles. The van der Waals surface area contributed by atoms with E-state index in [1.165, 1.54) is 0 Å². The molecule has 0 aliphatic carbocycles. The highest BCUT2D eigenvalue weighted by molar-refractivity contribution is 6.07. The van der Waals surface area contributed by atoms with Gasteiger partial charge in [0.25, 0.3) is 0 Å². The molecule has 3 aromatic heterocycles. The molecule has 0 N–H and O–H groups in total. The van der Waals surface area contributed by atoms with Crippen molar-refractivity contribution in [3.05, 3.63) is 158 Å². The first-order valence-corrected chi connectivity index (χ1v) is 16.0. The van der Waals surface area contributed by atoms with Crippen LogP contribution in [0.5, 0.6) is 0 Å². The molecule has 0 radical (unpaired) electrons. The summed E-state index contributed by atoms with van der Waals surface area (Å²) in [5, 5.41) is 5.61. The minimum Gasteiger partial charge on any atom is -0.438 e. The first kappa shape index (κ1) is 26.6. The third-order valence-corrected chi connectivity index (χ3v) is 9.25. The molecule has 10 aromatic rings. The topological polar surface area (TPSA) is 56.2 Å². The molecule has 0 fully saturated rings. The van der Waals surface area contributed by atoms with E-state index < -0.39 is 0 Å². The Morgan fingerprint density at radius 2 is 0.938 bits per heavy atom. The summed E-state index contributed by atoms with van der Waals surface area (Å²) >= 11 is 0. The van der Waals surface area contributed by atoms with Crippen molar-refractivity contribution >= 4 is 49.3 Å². The fourth-order valence-electron chi connectivity index (χ4n) is 7.06. The minimum atomic E-state index is 0.613. The first-order valence-electron chi connectivity index (χ1n) is 16.0. The zero-order chi connectivity index (χ0) is 31.6. The largest absolute Gasteiger partial charge is 0.438 e. The Morgan fingerprint density at radius 3 is 1.65 bits per heavy atom. The normalized spacial score (nSPS) is 11.8. The van der Waals surface area contributed by atoms with Gasteiger partial charge in [0, 0.05) is 22.1 Å². The molecule has 0 saturated heterocycles. The average molecular weight is 615 g/mol. The summed E-state index contributed by atoms with van der Waals surface area (Å²) in [5.41, 5.74) is 8.74. The quantitative estimate of drug-likeness (QED) is 0.198. The lowest BCUT2D eigenvalue weighted by atomic mass is 10.0. The number of fused-ring (bicyclic) bond motifs is 7. The molecule has 0 aliphatic rings. The SMILES string of the molecule is c1cc(-c2nc(-c3cccc4ccccc34)nc(-c3cccc4ccccc34)n2)cc(-c2c3ccccc3n3c2oc2ccccc23)c1. The van der Waals surface area contributed by atoms with Crippen LogP contribution in [0.25, 0.3) is 94.6 Å². The minimum absolute atomic E-state index is 0.613. The van der Waals surface area contributed by atoms with Crippen LogP contribution in [-0.4, -0.2) is 19.4 Å². The zero-order valence-corrected chi connectivity index (χ0v) is 25.7. The van der Waals surface area contributed by atoms with E-state index in [9.17, 15) is 0 Å². The fourth-order valence-corrected chi connectivity index (χ4v) is 7.06. The van der Waals surface area contributed by atoms with Crippen LogP contribution < -0.4 is 0 Å². The lowest BCUT2D eigenvalue weighted by molar-refractivity contribution is 0.658. The van der Waals surface area contributed by atoms with E-state index in [2.05, 4.69) is 144 Å². The first-order chi connectivity index (χ1) is 23.8. The van der Waals surface area contributed by atoms with Crippen LogP contribution >= 0.6 is 0 Å². The maximum Gasteiger partial charge on any atom is 0.213 e. The van der Waals surface area contributed by atoms with Gasteiger partial charge in [-0.2, -0.15) is 0 Å². The van der Waals surface area contributed by atoms with Crippen molar-refractivity contribution in [2.45, 2.75) is 0 Å². The number of aromatic nitrogens is 4.